The van der Waals surface area contributed by atoms with Gasteiger partial charge in [-0.1, -0.05) is 16.8 Å². The predicted molar refractivity (Wildman–Crippen MR) is 68.6 cm³/mol. The van der Waals surface area contributed by atoms with Crippen LogP contribution in [0.1, 0.15) is 48.7 Å². The molecule has 0 bridgehead atoms. The lowest BCUT2D eigenvalue weighted by molar-refractivity contribution is 0.0753. The van der Waals surface area contributed by atoms with Gasteiger partial charge in [-0.3, -0.25) is 4.79 Å². The molecular weight excluding hydrogens is 244 g/mol. The minimum atomic E-state index is -0.142. The zero-order chi connectivity index (χ0) is 13.2. The van der Waals surface area contributed by atoms with E-state index in [2.05, 4.69) is 28.5 Å². The number of carbonyl (C=O) groups is 1. The van der Waals surface area contributed by atoms with Gasteiger partial charge in [0.15, 0.2) is 0 Å². The third-order valence-corrected chi connectivity index (χ3v) is 3.71. The van der Waals surface area contributed by atoms with Gasteiger partial charge in [0.2, 0.25) is 5.89 Å². The molecule has 3 rings (SSSR count). The molecule has 1 saturated heterocycles. The van der Waals surface area contributed by atoms with Crippen LogP contribution in [0.5, 0.6) is 0 Å². The number of amides is 1. The minimum Gasteiger partial charge on any atom is -0.337 e. The fourth-order valence-electron chi connectivity index (χ4n) is 2.46. The number of rotatable bonds is 2. The first-order chi connectivity index (χ1) is 9.24. The van der Waals surface area contributed by atoms with Crippen LogP contribution in [0.15, 0.2) is 16.2 Å². The highest BCUT2D eigenvalue weighted by Gasteiger charge is 2.26. The van der Waals surface area contributed by atoms with E-state index in [0.29, 0.717) is 12.4 Å². The Morgan fingerprint density at radius 1 is 1.58 bits per heavy atom. The summed E-state index contributed by atoms with van der Waals surface area (Å²) in [6.07, 6.45) is 5.08. The Morgan fingerprint density at radius 3 is 3.16 bits per heavy atom. The standard InChI is InChI=1S/C13H18N4O2/c1-9-4-7-17(8-5-9)13(18)11-15-12(19-16-11)10-3-2-6-14-10/h4,10,14H,2-3,5-8H2,1H3. The molecule has 6 heteroatoms. The first-order valence-electron chi connectivity index (χ1n) is 6.76. The lowest BCUT2D eigenvalue weighted by Gasteiger charge is -2.23. The molecule has 1 aromatic rings. The van der Waals surface area contributed by atoms with Crippen molar-refractivity contribution in [1.29, 1.82) is 0 Å². The summed E-state index contributed by atoms with van der Waals surface area (Å²) in [5.41, 5.74) is 1.33. The molecule has 2 aliphatic heterocycles. The molecular formula is C13H18N4O2. The average Bonchev–Trinajstić information content (AvgIpc) is 3.10. The van der Waals surface area contributed by atoms with Crippen molar-refractivity contribution in [3.63, 3.8) is 0 Å². The lowest BCUT2D eigenvalue weighted by atomic mass is 10.1. The monoisotopic (exact) mass is 262 g/mol. The van der Waals surface area contributed by atoms with Crippen molar-refractivity contribution in [1.82, 2.24) is 20.4 Å². The van der Waals surface area contributed by atoms with Gasteiger partial charge in [-0.15, -0.1) is 0 Å². The number of aromatic nitrogens is 2. The predicted octanol–water partition coefficient (Wildman–Crippen LogP) is 1.29. The summed E-state index contributed by atoms with van der Waals surface area (Å²) in [6.45, 7) is 4.41. The molecule has 0 aromatic carbocycles. The summed E-state index contributed by atoms with van der Waals surface area (Å²) in [5, 5.41) is 7.10. The van der Waals surface area contributed by atoms with E-state index in [1.165, 1.54) is 5.57 Å². The van der Waals surface area contributed by atoms with E-state index in [0.717, 1.165) is 32.4 Å². The van der Waals surface area contributed by atoms with Crippen LogP contribution in [0, 0.1) is 0 Å². The van der Waals surface area contributed by atoms with Gasteiger partial charge in [0.25, 0.3) is 11.7 Å². The highest BCUT2D eigenvalue weighted by atomic mass is 16.5. The summed E-state index contributed by atoms with van der Waals surface area (Å²) >= 11 is 0. The number of hydrogen-bond acceptors (Lipinski definition) is 5. The molecule has 1 unspecified atom stereocenters. The van der Waals surface area contributed by atoms with E-state index in [9.17, 15) is 4.79 Å². The van der Waals surface area contributed by atoms with Crippen molar-refractivity contribution in [3.8, 4) is 0 Å². The second-order valence-electron chi connectivity index (χ2n) is 5.16. The molecule has 1 aromatic heterocycles. The normalized spacial score (nSPS) is 23.5. The quantitative estimate of drug-likeness (QED) is 0.813. The van der Waals surface area contributed by atoms with Crippen LogP contribution >= 0.6 is 0 Å². The van der Waals surface area contributed by atoms with E-state index in [1.54, 1.807) is 4.90 Å². The second-order valence-corrected chi connectivity index (χ2v) is 5.16. The van der Waals surface area contributed by atoms with E-state index < -0.39 is 0 Å². The fraction of sp³-hybridized carbons (Fsp3) is 0.615. The average molecular weight is 262 g/mol. The van der Waals surface area contributed by atoms with Gasteiger partial charge < -0.3 is 14.7 Å². The minimum absolute atomic E-state index is 0.109. The maximum Gasteiger partial charge on any atom is 0.295 e. The first kappa shape index (κ1) is 12.3. The summed E-state index contributed by atoms with van der Waals surface area (Å²) in [4.78, 5) is 18.2. The molecule has 0 saturated carbocycles. The summed E-state index contributed by atoms with van der Waals surface area (Å²) in [6, 6.07) is 0.109. The Morgan fingerprint density at radius 2 is 2.47 bits per heavy atom. The summed E-state index contributed by atoms with van der Waals surface area (Å²) in [5.74, 6) is 0.568. The molecule has 1 atom stereocenters. The SMILES string of the molecule is CC1=CCN(C(=O)c2noc(C3CCCN3)n2)CC1. The number of nitrogens with one attached hydrogen (secondary N) is 1. The van der Waals surface area contributed by atoms with E-state index >= 15 is 0 Å². The van der Waals surface area contributed by atoms with Gasteiger partial charge in [-0.2, -0.15) is 4.98 Å². The number of carbonyl (C=O) groups excluding carboxylic acids is 1. The van der Waals surface area contributed by atoms with Crippen LogP contribution in [-0.2, 0) is 0 Å². The van der Waals surface area contributed by atoms with Crippen LogP contribution in [0.2, 0.25) is 0 Å². The van der Waals surface area contributed by atoms with Gasteiger partial charge in [0.05, 0.1) is 6.04 Å². The molecule has 1 amide bonds. The molecule has 19 heavy (non-hydrogen) atoms. The smallest absolute Gasteiger partial charge is 0.295 e. The van der Waals surface area contributed by atoms with Gasteiger partial charge in [0, 0.05) is 13.1 Å². The van der Waals surface area contributed by atoms with Gasteiger partial charge >= 0.3 is 0 Å². The van der Waals surface area contributed by atoms with Gasteiger partial charge in [-0.05, 0) is 32.7 Å². The van der Waals surface area contributed by atoms with Crippen LogP contribution in [0.4, 0.5) is 0 Å². The maximum atomic E-state index is 12.2. The highest BCUT2D eigenvalue weighted by Crippen LogP contribution is 2.21. The molecule has 1 N–H and O–H groups in total. The van der Waals surface area contributed by atoms with E-state index in [4.69, 9.17) is 4.52 Å². The largest absolute Gasteiger partial charge is 0.337 e. The molecule has 2 aliphatic rings. The van der Waals surface area contributed by atoms with E-state index in [1.807, 2.05) is 0 Å². The van der Waals surface area contributed by atoms with Crippen LogP contribution in [0.3, 0.4) is 0 Å². The van der Waals surface area contributed by atoms with Gasteiger partial charge in [-0.25, -0.2) is 0 Å². The van der Waals surface area contributed by atoms with Gasteiger partial charge in [0.1, 0.15) is 0 Å². The maximum absolute atomic E-state index is 12.2. The highest BCUT2D eigenvalue weighted by molar-refractivity contribution is 5.90. The lowest BCUT2D eigenvalue weighted by Crippen LogP contribution is -2.35. The van der Waals surface area contributed by atoms with Crippen molar-refractivity contribution in [2.45, 2.75) is 32.2 Å². The summed E-state index contributed by atoms with van der Waals surface area (Å²) < 4.78 is 5.20. The molecule has 3 heterocycles. The molecule has 1 fully saturated rings. The van der Waals surface area contributed by atoms with Crippen molar-refractivity contribution >= 4 is 5.91 Å². The fourth-order valence-corrected chi connectivity index (χ4v) is 2.46. The molecule has 0 spiro atoms. The zero-order valence-corrected chi connectivity index (χ0v) is 11.1. The van der Waals surface area contributed by atoms with Crippen molar-refractivity contribution in [2.24, 2.45) is 0 Å². The Kier molecular flexibility index (Phi) is 3.33. The van der Waals surface area contributed by atoms with Crippen LogP contribution < -0.4 is 5.32 Å². The third kappa shape index (κ3) is 2.53. The second kappa shape index (κ2) is 5.13. The number of hydrogen-bond donors (Lipinski definition) is 1. The summed E-state index contributed by atoms with van der Waals surface area (Å²) in [7, 11) is 0. The van der Waals surface area contributed by atoms with E-state index in [-0.39, 0.29) is 17.8 Å². The third-order valence-electron chi connectivity index (χ3n) is 3.71. The molecule has 102 valence electrons. The van der Waals surface area contributed by atoms with Crippen molar-refractivity contribution in [2.75, 3.05) is 19.6 Å². The topological polar surface area (TPSA) is 71.3 Å². The van der Waals surface area contributed by atoms with Crippen molar-refractivity contribution < 1.29 is 9.32 Å². The Bertz CT molecular complexity index is 502. The molecule has 0 aliphatic carbocycles. The molecule has 6 nitrogen and oxygen atoms in total. The Hall–Kier alpha value is -1.69. The van der Waals surface area contributed by atoms with Crippen LogP contribution in [0.25, 0.3) is 0 Å². The number of nitrogens with zero attached hydrogens (tertiary/aromatic N) is 3. The zero-order valence-electron chi connectivity index (χ0n) is 11.1. The first-order valence-corrected chi connectivity index (χ1v) is 6.76. The van der Waals surface area contributed by atoms with Crippen molar-refractivity contribution in [3.05, 3.63) is 23.4 Å². The Labute approximate surface area is 111 Å². The molecule has 0 radical (unpaired) electrons. The Balaban J connectivity index is 1.70. The van der Waals surface area contributed by atoms with Crippen LogP contribution in [-0.4, -0.2) is 40.6 Å².